The highest BCUT2D eigenvalue weighted by molar-refractivity contribution is 7.61. The number of nitrogens with one attached hydrogen (secondary N) is 5. The number of amides is 7. The van der Waals surface area contributed by atoms with Crippen molar-refractivity contribution in [1.82, 2.24) is 36.4 Å². The van der Waals surface area contributed by atoms with Gasteiger partial charge < -0.3 is 65.1 Å². The summed E-state index contributed by atoms with van der Waals surface area (Å²) < 4.78 is 63.0. The van der Waals surface area contributed by atoms with E-state index in [2.05, 4.69) is 30.9 Å². The van der Waals surface area contributed by atoms with E-state index in [0.717, 1.165) is 27.2 Å². The zero-order valence-electron chi connectivity index (χ0n) is 58.9. The molecule has 3 aromatic carbocycles. The molecule has 0 radical (unpaired) electrons. The maximum atomic E-state index is 14.4. The quantitative estimate of drug-likeness (QED) is 0.0129. The number of phosphoric acid groups is 2. The maximum Gasteiger partial charge on any atom is 0.481 e. The third kappa shape index (κ3) is 26.0. The summed E-state index contributed by atoms with van der Waals surface area (Å²) >= 11 is 0. The van der Waals surface area contributed by atoms with Crippen LogP contribution in [0.15, 0.2) is 102 Å². The van der Waals surface area contributed by atoms with Gasteiger partial charge in [-0.05, 0) is 125 Å². The average molecular weight is 1420 g/mol. The Morgan fingerprint density at radius 3 is 1.85 bits per heavy atom. The predicted octanol–water partition coefficient (Wildman–Crippen LogP) is 9.10. The monoisotopic (exact) mass is 1420 g/mol. The number of hydrogen-bond donors (Lipinski definition) is 7. The minimum absolute atomic E-state index is 0.00553. The number of rotatable bonds is 26. The lowest BCUT2D eigenvalue weighted by molar-refractivity contribution is -0.155. The molecule has 2 aliphatic rings. The fraction of sp³-hybridized carbons (Fsp3) is 0.557. The van der Waals surface area contributed by atoms with Crippen LogP contribution in [0.3, 0.4) is 0 Å². The molecule has 0 spiro atoms. The standard InChI is InChI=1S/C70H101N7O20P2/c1-13-45(5)61-64(80)74-50(10)68(84)96-62(46(6)14-2)48(8)58(35-34-47(7)67(83)94-59(40-44(3)4)63(79)73-49(9)65(81)77(12)57(41-51-28-18-15-19-29-51)66(82)76(11)42-60(78)75-61)95-70(86)72-37-25-17-27-39-93-99(89,90)97-98(87,88)92-38-26-16-24-36-71-69(85)91-43-56-54-32-22-20-30-52(54)53-31-21-23-33-55(53)56/h14-15,18-23,28-34,44-45,48-50,56-59,61-62H,13,16-17,24-27,35-43H2,1-12H3,(H,71,85)(H,72,86)(H,73,79)(H,74,80)(H,75,78)(H,87,88)(H,89,90)/b46-14+,47-34+/t45-,48+,49+,50-,57-,58+,59-,61+,62-/m1/s1. The van der Waals surface area contributed by atoms with Crippen LogP contribution in [0.4, 0.5) is 9.59 Å². The molecule has 1 aliphatic carbocycles. The molecule has 0 fully saturated rings. The molecule has 5 rings (SSSR count). The number of hydrogen-bond acceptors (Lipinski definition) is 18. The molecule has 2 unspecified atom stereocenters. The zero-order valence-corrected chi connectivity index (χ0v) is 60.6. The first kappa shape index (κ1) is 81.9. The molecule has 0 saturated heterocycles. The highest BCUT2D eigenvalue weighted by Crippen LogP contribution is 2.60. The lowest BCUT2D eigenvalue weighted by Crippen LogP contribution is -2.57. The molecule has 0 aromatic heterocycles. The highest BCUT2D eigenvalue weighted by atomic mass is 31.3. The van der Waals surface area contributed by atoms with Gasteiger partial charge in [-0.15, -0.1) is 0 Å². The molecule has 7 amide bonds. The van der Waals surface area contributed by atoms with Gasteiger partial charge in [0.1, 0.15) is 43.0 Å². The number of ether oxygens (including phenoxy) is 4. The summed E-state index contributed by atoms with van der Waals surface area (Å²) in [5.41, 5.74) is 5.61. The van der Waals surface area contributed by atoms with Crippen molar-refractivity contribution >= 4 is 69.3 Å². The number of phosphoric ester groups is 2. The summed E-state index contributed by atoms with van der Waals surface area (Å²) in [5.74, 6) is -6.91. The number of nitrogens with zero attached hydrogens (tertiary/aromatic N) is 2. The van der Waals surface area contributed by atoms with Gasteiger partial charge >= 0.3 is 39.8 Å². The normalized spacial score (nSPS) is 23.5. The van der Waals surface area contributed by atoms with Gasteiger partial charge in [-0.1, -0.05) is 132 Å². The first-order valence-electron chi connectivity index (χ1n) is 33.7. The van der Waals surface area contributed by atoms with Crippen LogP contribution in [0.2, 0.25) is 0 Å². The van der Waals surface area contributed by atoms with E-state index in [1.807, 2.05) is 69.3 Å². The minimum atomic E-state index is -5.09. The molecule has 27 nitrogen and oxygen atoms in total. The Kier molecular flexibility index (Phi) is 33.0. The number of cyclic esters (lactones) is 2. The van der Waals surface area contributed by atoms with Crippen LogP contribution >= 0.6 is 15.6 Å². The maximum absolute atomic E-state index is 14.4. The molecule has 1 heterocycles. The minimum Gasteiger partial charge on any atom is -0.456 e. The number of alkyl carbamates (subject to hydrolysis) is 2. The van der Waals surface area contributed by atoms with Crippen LogP contribution in [0.25, 0.3) is 11.1 Å². The molecule has 1 aliphatic heterocycles. The molecule has 0 bridgehead atoms. The summed E-state index contributed by atoms with van der Waals surface area (Å²) in [6.07, 6.45) is 0.204. The Bertz CT molecular complexity index is 3360. The number of allylic oxidation sites excluding steroid dienone is 1. The number of carbonyl (C=O) groups is 9. The van der Waals surface area contributed by atoms with E-state index >= 15 is 0 Å². The lowest BCUT2D eigenvalue weighted by Gasteiger charge is -2.33. The van der Waals surface area contributed by atoms with Gasteiger partial charge in [-0.25, -0.2) is 28.3 Å². The van der Waals surface area contributed by atoms with Crippen LogP contribution in [-0.2, 0) is 81.4 Å². The van der Waals surface area contributed by atoms with Gasteiger partial charge in [-0.3, -0.25) is 33.0 Å². The Morgan fingerprint density at radius 2 is 1.28 bits per heavy atom. The molecule has 29 heteroatoms. The van der Waals surface area contributed by atoms with Crippen molar-refractivity contribution in [2.45, 2.75) is 182 Å². The van der Waals surface area contributed by atoms with Gasteiger partial charge in [0, 0.05) is 57.4 Å². The number of esters is 2. The van der Waals surface area contributed by atoms with Crippen LogP contribution < -0.4 is 26.6 Å². The highest BCUT2D eigenvalue weighted by Gasteiger charge is 2.39. The average Bonchev–Trinajstić information content (AvgIpc) is 1.62. The van der Waals surface area contributed by atoms with E-state index < -0.39 is 130 Å². The lowest BCUT2D eigenvalue weighted by atomic mass is 9.90. The summed E-state index contributed by atoms with van der Waals surface area (Å²) in [7, 11) is -7.35. The van der Waals surface area contributed by atoms with Crippen LogP contribution in [-0.4, -0.2) is 169 Å². The summed E-state index contributed by atoms with van der Waals surface area (Å²) in [5, 5.41) is 13.4. The van der Waals surface area contributed by atoms with Gasteiger partial charge in [0.05, 0.1) is 19.8 Å². The van der Waals surface area contributed by atoms with Crippen LogP contribution in [0, 0.1) is 17.8 Å². The van der Waals surface area contributed by atoms with E-state index in [4.69, 9.17) is 28.0 Å². The molecule has 0 saturated carbocycles. The summed E-state index contributed by atoms with van der Waals surface area (Å²) in [6, 6.07) is 20.0. The first-order valence-corrected chi connectivity index (χ1v) is 36.7. The number of benzene rings is 3. The molecule has 11 atom stereocenters. The SMILES string of the molecule is C/C=C(\C)[C@H]1OC(=O)[C@@H](C)NC(=O)[C@H]([C@H](C)CC)NC(=O)CN(C)C(=O)[C@@H](Cc2ccccc2)N(C)C(=O)[C@H](C)NC(=O)[C@@H](CC(C)C)OC(=O)/C(C)=C/C[C@H](OC(=O)NCCCCCOP(=O)(O)OP(=O)(O)OCCCCCNC(=O)OCC2c3ccccc3-c3ccccc32)[C@@H]1C. The van der Waals surface area contributed by atoms with E-state index in [9.17, 15) is 62.1 Å². The predicted molar refractivity (Wildman–Crippen MR) is 369 cm³/mol. The van der Waals surface area contributed by atoms with E-state index in [1.54, 1.807) is 64.1 Å². The van der Waals surface area contributed by atoms with Gasteiger partial charge in [-0.2, -0.15) is 4.31 Å². The van der Waals surface area contributed by atoms with E-state index in [0.29, 0.717) is 36.8 Å². The van der Waals surface area contributed by atoms with Crippen molar-refractivity contribution in [3.05, 3.63) is 119 Å². The van der Waals surface area contributed by atoms with Crippen molar-refractivity contribution in [2.24, 2.45) is 17.8 Å². The number of unbranched alkanes of at least 4 members (excludes halogenated alkanes) is 4. The van der Waals surface area contributed by atoms with Gasteiger partial charge in [0.2, 0.25) is 23.6 Å². The smallest absolute Gasteiger partial charge is 0.456 e. The van der Waals surface area contributed by atoms with Crippen LogP contribution in [0.1, 0.15) is 150 Å². The number of fused-ring (bicyclic) bond motifs is 3. The molecular formula is C70H101N7O20P2. The Balaban J connectivity index is 1.18. The van der Waals surface area contributed by atoms with E-state index in [1.165, 1.54) is 45.8 Å². The topological polar surface area (TPSA) is 359 Å². The molecular weight excluding hydrogens is 1320 g/mol. The van der Waals surface area contributed by atoms with Crippen molar-refractivity contribution in [2.75, 3.05) is 53.6 Å². The number of likely N-dealkylation sites (N-methyl/N-ethyl adjacent to an activating group) is 2. The third-order valence-corrected chi connectivity index (χ3v) is 20.0. The Labute approximate surface area is 580 Å². The molecule has 99 heavy (non-hydrogen) atoms. The Morgan fingerprint density at radius 1 is 0.727 bits per heavy atom. The zero-order chi connectivity index (χ0) is 73.1. The fourth-order valence-electron chi connectivity index (χ4n) is 11.2. The first-order chi connectivity index (χ1) is 46.9. The second-order valence-electron chi connectivity index (χ2n) is 25.6. The van der Waals surface area contributed by atoms with Crippen molar-refractivity contribution in [1.29, 1.82) is 0 Å². The summed E-state index contributed by atoms with van der Waals surface area (Å²) in [6.45, 7) is 15.7. The molecule has 7 N–H and O–H groups in total. The molecule has 3 aromatic rings. The van der Waals surface area contributed by atoms with Crippen molar-refractivity contribution in [3.8, 4) is 11.1 Å². The van der Waals surface area contributed by atoms with Crippen molar-refractivity contribution in [3.63, 3.8) is 0 Å². The van der Waals surface area contributed by atoms with Crippen LogP contribution in [0.5, 0.6) is 0 Å². The number of carbonyl (C=O) groups excluding carboxylic acids is 9. The fourth-order valence-corrected chi connectivity index (χ4v) is 13.4. The second-order valence-corrected chi connectivity index (χ2v) is 28.6. The van der Waals surface area contributed by atoms with Gasteiger partial charge in [0.15, 0.2) is 6.10 Å². The Hall–Kier alpha value is -7.77. The van der Waals surface area contributed by atoms with Gasteiger partial charge in [0.25, 0.3) is 5.91 Å². The van der Waals surface area contributed by atoms with Crippen molar-refractivity contribution < 1.29 is 94.4 Å². The third-order valence-electron chi connectivity index (χ3n) is 17.3. The summed E-state index contributed by atoms with van der Waals surface area (Å²) in [4.78, 5) is 147. The van der Waals surface area contributed by atoms with E-state index in [-0.39, 0.29) is 88.8 Å². The second kappa shape index (κ2) is 39.9. The molecule has 546 valence electrons. The largest absolute Gasteiger partial charge is 0.481 e.